The highest BCUT2D eigenvalue weighted by molar-refractivity contribution is 5.95. The van der Waals surface area contributed by atoms with Crippen molar-refractivity contribution in [2.24, 2.45) is 5.73 Å². The van der Waals surface area contributed by atoms with E-state index < -0.39 is 6.04 Å². The van der Waals surface area contributed by atoms with Gasteiger partial charge in [0.1, 0.15) is 0 Å². The van der Waals surface area contributed by atoms with Crippen LogP contribution < -0.4 is 20.5 Å². The third-order valence-electron chi connectivity index (χ3n) is 2.40. The minimum absolute atomic E-state index is 0. The number of carbonyl (C=O) groups excluding carboxylic acids is 1. The maximum Gasteiger partial charge on any atom is 0.241 e. The first-order valence-corrected chi connectivity index (χ1v) is 5.28. The maximum atomic E-state index is 11.5. The molecule has 18 heavy (non-hydrogen) atoms. The van der Waals surface area contributed by atoms with Gasteiger partial charge in [0.2, 0.25) is 5.91 Å². The summed E-state index contributed by atoms with van der Waals surface area (Å²) in [6, 6.07) is 2.96. The van der Waals surface area contributed by atoms with Gasteiger partial charge in [-0.3, -0.25) is 4.79 Å². The number of methoxy groups -OCH3 is 2. The van der Waals surface area contributed by atoms with E-state index in [1.807, 2.05) is 6.92 Å². The number of hydrogen-bond donors (Lipinski definition) is 2. The summed E-state index contributed by atoms with van der Waals surface area (Å²) in [7, 11) is 3.11. The van der Waals surface area contributed by atoms with Gasteiger partial charge in [-0.15, -0.1) is 12.4 Å². The predicted octanol–water partition coefficient (Wildman–Crippen LogP) is 1.72. The number of halogens is 1. The van der Waals surface area contributed by atoms with Crippen molar-refractivity contribution in [2.45, 2.75) is 19.9 Å². The van der Waals surface area contributed by atoms with E-state index in [0.29, 0.717) is 17.2 Å². The zero-order chi connectivity index (χ0) is 13.0. The molecule has 1 rings (SSSR count). The van der Waals surface area contributed by atoms with Crippen LogP contribution in [-0.2, 0) is 4.79 Å². The van der Waals surface area contributed by atoms with E-state index >= 15 is 0 Å². The second kappa shape index (κ2) is 7.08. The molecular weight excluding hydrogens is 256 g/mol. The Morgan fingerprint density at radius 2 is 1.78 bits per heavy atom. The van der Waals surface area contributed by atoms with Crippen LogP contribution in [0.25, 0.3) is 0 Å². The minimum Gasteiger partial charge on any atom is -0.493 e. The van der Waals surface area contributed by atoms with Crippen molar-refractivity contribution in [1.29, 1.82) is 0 Å². The molecule has 0 saturated carbocycles. The summed E-state index contributed by atoms with van der Waals surface area (Å²) < 4.78 is 10.3. The number of hydrogen-bond acceptors (Lipinski definition) is 4. The summed E-state index contributed by atoms with van der Waals surface area (Å²) in [5, 5.41) is 2.74. The lowest BCUT2D eigenvalue weighted by atomic mass is 10.1. The monoisotopic (exact) mass is 274 g/mol. The lowest BCUT2D eigenvalue weighted by Crippen LogP contribution is -2.32. The Morgan fingerprint density at radius 3 is 2.22 bits per heavy atom. The van der Waals surface area contributed by atoms with Gasteiger partial charge in [-0.25, -0.2) is 0 Å². The average molecular weight is 275 g/mol. The molecular formula is C12H19ClN2O3. The fourth-order valence-electron chi connectivity index (χ4n) is 1.36. The standard InChI is InChI=1S/C12H18N2O3.ClH/c1-7-5-10(16-3)11(17-4)6-9(7)14-12(15)8(2)13;/h5-6,8H,13H2,1-4H3,(H,14,15);1H/t8-;/m1./s1. The molecule has 6 heteroatoms. The number of anilines is 1. The fraction of sp³-hybridized carbons (Fsp3) is 0.417. The smallest absolute Gasteiger partial charge is 0.241 e. The first-order chi connectivity index (χ1) is 7.99. The molecule has 0 aromatic heterocycles. The highest BCUT2D eigenvalue weighted by Gasteiger charge is 2.12. The first-order valence-electron chi connectivity index (χ1n) is 5.28. The van der Waals surface area contributed by atoms with Crippen molar-refractivity contribution in [3.05, 3.63) is 17.7 Å². The summed E-state index contributed by atoms with van der Waals surface area (Å²) in [4.78, 5) is 11.5. The van der Waals surface area contributed by atoms with E-state index in [1.165, 1.54) is 0 Å². The molecule has 0 aliphatic heterocycles. The lowest BCUT2D eigenvalue weighted by molar-refractivity contribution is -0.117. The molecule has 1 amide bonds. The largest absolute Gasteiger partial charge is 0.493 e. The number of nitrogens with two attached hydrogens (primary N) is 1. The van der Waals surface area contributed by atoms with E-state index in [2.05, 4.69) is 5.32 Å². The maximum absolute atomic E-state index is 11.5. The summed E-state index contributed by atoms with van der Waals surface area (Å²) in [5.41, 5.74) is 7.05. The van der Waals surface area contributed by atoms with Crippen molar-refractivity contribution in [3.63, 3.8) is 0 Å². The minimum atomic E-state index is -0.553. The van der Waals surface area contributed by atoms with Gasteiger partial charge in [-0.1, -0.05) is 0 Å². The SMILES string of the molecule is COc1cc(C)c(NC(=O)[C@@H](C)N)cc1OC.Cl. The predicted molar refractivity (Wildman–Crippen MR) is 73.8 cm³/mol. The van der Waals surface area contributed by atoms with Crippen LogP contribution in [-0.4, -0.2) is 26.2 Å². The summed E-state index contributed by atoms with van der Waals surface area (Å²) in [5.74, 6) is 0.960. The van der Waals surface area contributed by atoms with Gasteiger partial charge < -0.3 is 20.5 Å². The van der Waals surface area contributed by atoms with Crippen molar-refractivity contribution in [1.82, 2.24) is 0 Å². The number of amides is 1. The number of nitrogens with one attached hydrogen (secondary N) is 1. The summed E-state index contributed by atoms with van der Waals surface area (Å²) in [6.45, 7) is 3.50. The normalized spacial score (nSPS) is 11.2. The van der Waals surface area contributed by atoms with Gasteiger partial charge in [0, 0.05) is 11.8 Å². The van der Waals surface area contributed by atoms with Crippen LogP contribution in [0.1, 0.15) is 12.5 Å². The van der Waals surface area contributed by atoms with E-state index in [-0.39, 0.29) is 18.3 Å². The van der Waals surface area contributed by atoms with Crippen LogP contribution in [0.2, 0.25) is 0 Å². The fourth-order valence-corrected chi connectivity index (χ4v) is 1.36. The molecule has 0 heterocycles. The lowest BCUT2D eigenvalue weighted by Gasteiger charge is -2.14. The molecule has 0 aliphatic carbocycles. The molecule has 5 nitrogen and oxygen atoms in total. The van der Waals surface area contributed by atoms with E-state index in [0.717, 1.165) is 5.56 Å². The van der Waals surface area contributed by atoms with Crippen LogP contribution in [0.15, 0.2) is 12.1 Å². The Labute approximate surface area is 113 Å². The Bertz CT molecular complexity index is 422. The van der Waals surface area contributed by atoms with Crippen molar-refractivity contribution in [2.75, 3.05) is 19.5 Å². The van der Waals surface area contributed by atoms with Gasteiger partial charge in [0.25, 0.3) is 0 Å². The quantitative estimate of drug-likeness (QED) is 0.877. The molecule has 0 bridgehead atoms. The Hall–Kier alpha value is -1.46. The third kappa shape index (κ3) is 3.78. The molecule has 1 aromatic carbocycles. The Balaban J connectivity index is 0.00000289. The van der Waals surface area contributed by atoms with E-state index in [4.69, 9.17) is 15.2 Å². The van der Waals surface area contributed by atoms with Crippen LogP contribution in [0.5, 0.6) is 11.5 Å². The molecule has 0 fully saturated rings. The molecule has 1 atom stereocenters. The van der Waals surface area contributed by atoms with Gasteiger partial charge in [0.05, 0.1) is 20.3 Å². The number of ether oxygens (including phenoxy) is 2. The summed E-state index contributed by atoms with van der Waals surface area (Å²) >= 11 is 0. The van der Waals surface area contributed by atoms with Crippen molar-refractivity contribution in [3.8, 4) is 11.5 Å². The molecule has 0 unspecified atom stereocenters. The topological polar surface area (TPSA) is 73.6 Å². The number of rotatable bonds is 4. The molecule has 0 aliphatic rings. The summed E-state index contributed by atoms with van der Waals surface area (Å²) in [6.07, 6.45) is 0. The highest BCUT2D eigenvalue weighted by Crippen LogP contribution is 2.32. The first kappa shape index (κ1) is 16.5. The highest BCUT2D eigenvalue weighted by atomic mass is 35.5. The van der Waals surface area contributed by atoms with Gasteiger partial charge in [-0.2, -0.15) is 0 Å². The van der Waals surface area contributed by atoms with Gasteiger partial charge >= 0.3 is 0 Å². The third-order valence-corrected chi connectivity index (χ3v) is 2.40. The van der Waals surface area contributed by atoms with E-state index in [9.17, 15) is 4.79 Å². The number of aryl methyl sites for hydroxylation is 1. The molecule has 1 aromatic rings. The zero-order valence-electron chi connectivity index (χ0n) is 10.9. The molecule has 0 radical (unpaired) electrons. The average Bonchev–Trinajstić information content (AvgIpc) is 2.30. The van der Waals surface area contributed by atoms with Crippen molar-refractivity contribution >= 4 is 24.0 Å². The number of carbonyl (C=O) groups is 1. The van der Waals surface area contributed by atoms with Crippen molar-refractivity contribution < 1.29 is 14.3 Å². The van der Waals surface area contributed by atoms with Crippen LogP contribution in [0.3, 0.4) is 0 Å². The Morgan fingerprint density at radius 1 is 1.28 bits per heavy atom. The molecule has 0 spiro atoms. The van der Waals surface area contributed by atoms with Gasteiger partial charge in [0.15, 0.2) is 11.5 Å². The van der Waals surface area contributed by atoms with Crippen LogP contribution >= 0.6 is 12.4 Å². The molecule has 3 N–H and O–H groups in total. The zero-order valence-corrected chi connectivity index (χ0v) is 11.8. The van der Waals surface area contributed by atoms with Crippen LogP contribution in [0, 0.1) is 6.92 Å². The second-order valence-electron chi connectivity index (χ2n) is 3.80. The number of benzene rings is 1. The second-order valence-corrected chi connectivity index (χ2v) is 3.80. The van der Waals surface area contributed by atoms with Crippen LogP contribution in [0.4, 0.5) is 5.69 Å². The van der Waals surface area contributed by atoms with E-state index in [1.54, 1.807) is 33.3 Å². The van der Waals surface area contributed by atoms with Gasteiger partial charge in [-0.05, 0) is 25.5 Å². The Kier molecular flexibility index (Phi) is 6.51. The molecule has 0 saturated heterocycles. The molecule has 102 valence electrons.